The van der Waals surface area contributed by atoms with E-state index in [0.717, 1.165) is 4.88 Å². The minimum atomic E-state index is -3.51. The van der Waals surface area contributed by atoms with Gasteiger partial charge in [-0.1, -0.05) is 6.07 Å². The van der Waals surface area contributed by atoms with Gasteiger partial charge in [-0.15, -0.1) is 11.3 Å². The maximum absolute atomic E-state index is 13.3. The molecular formula is C18H14FN3O2S2. The Balaban J connectivity index is 1.99. The van der Waals surface area contributed by atoms with Crippen LogP contribution >= 0.6 is 11.3 Å². The molecule has 132 valence electrons. The number of nitrogens with zero attached hydrogens (tertiary/aromatic N) is 2. The molecule has 1 atom stereocenters. The van der Waals surface area contributed by atoms with Crippen molar-refractivity contribution in [1.82, 2.24) is 0 Å². The van der Waals surface area contributed by atoms with Gasteiger partial charge in [0.25, 0.3) is 0 Å². The van der Waals surface area contributed by atoms with E-state index in [0.29, 0.717) is 17.8 Å². The first-order valence-corrected chi connectivity index (χ1v) is 10.4. The zero-order chi connectivity index (χ0) is 18.5. The summed E-state index contributed by atoms with van der Waals surface area (Å²) >= 11 is 1.39. The van der Waals surface area contributed by atoms with E-state index in [1.165, 1.54) is 35.6 Å². The van der Waals surface area contributed by atoms with Gasteiger partial charge in [-0.2, -0.15) is 5.26 Å². The fraction of sp³-hybridized carbons (Fsp3) is 0.167. The molecule has 2 aliphatic rings. The van der Waals surface area contributed by atoms with Crippen LogP contribution in [-0.2, 0) is 9.84 Å². The standard InChI is InChI=1S/C18H14FN3O2S2/c19-11-3-5-12(6-4-11)22-14-7-9-26(23,24)17(14)16(13(10-20)18(22)21)15-2-1-8-25-15/h1-6,8,16H,7,9,21H2/t16-/m0/s1. The molecule has 2 aliphatic heterocycles. The van der Waals surface area contributed by atoms with Crippen LogP contribution in [0.15, 0.2) is 63.8 Å². The van der Waals surface area contributed by atoms with Gasteiger partial charge in [-0.25, -0.2) is 12.8 Å². The molecule has 0 fully saturated rings. The molecule has 0 saturated heterocycles. The highest BCUT2D eigenvalue weighted by Gasteiger charge is 2.45. The smallest absolute Gasteiger partial charge is 0.177 e. The molecule has 0 aliphatic carbocycles. The fourth-order valence-electron chi connectivity index (χ4n) is 3.49. The Kier molecular flexibility index (Phi) is 3.86. The molecule has 2 N–H and O–H groups in total. The molecule has 2 aromatic rings. The summed E-state index contributed by atoms with van der Waals surface area (Å²) in [7, 11) is -3.51. The van der Waals surface area contributed by atoms with Crippen molar-refractivity contribution in [2.24, 2.45) is 5.73 Å². The summed E-state index contributed by atoms with van der Waals surface area (Å²) in [4.78, 5) is 2.57. The Morgan fingerprint density at radius 3 is 2.62 bits per heavy atom. The van der Waals surface area contributed by atoms with Crippen molar-refractivity contribution in [3.63, 3.8) is 0 Å². The Morgan fingerprint density at radius 1 is 1.27 bits per heavy atom. The first kappa shape index (κ1) is 16.8. The Labute approximate surface area is 154 Å². The van der Waals surface area contributed by atoms with Crippen molar-refractivity contribution in [2.45, 2.75) is 12.3 Å². The molecule has 0 radical (unpaired) electrons. The third-order valence-corrected chi connectivity index (χ3v) is 7.42. The van der Waals surface area contributed by atoms with Gasteiger partial charge in [0, 0.05) is 22.7 Å². The minimum Gasteiger partial charge on any atom is -0.384 e. The highest BCUT2D eigenvalue weighted by atomic mass is 32.2. The molecule has 0 spiro atoms. The summed E-state index contributed by atoms with van der Waals surface area (Å²) < 4.78 is 38.9. The number of thiophene rings is 1. The van der Waals surface area contributed by atoms with Gasteiger partial charge in [-0.3, -0.25) is 4.90 Å². The quantitative estimate of drug-likeness (QED) is 0.855. The average molecular weight is 387 g/mol. The number of anilines is 1. The molecule has 1 aromatic heterocycles. The maximum Gasteiger partial charge on any atom is 0.177 e. The molecule has 1 aromatic carbocycles. The second kappa shape index (κ2) is 5.97. The van der Waals surface area contributed by atoms with Crippen LogP contribution in [0.2, 0.25) is 0 Å². The van der Waals surface area contributed by atoms with E-state index in [1.807, 2.05) is 17.5 Å². The van der Waals surface area contributed by atoms with Crippen LogP contribution in [0.5, 0.6) is 0 Å². The third-order valence-electron chi connectivity index (χ3n) is 4.60. The SMILES string of the molecule is N#CC1=C(N)N(c2ccc(F)cc2)C2=C([C@@H]1c1cccs1)S(=O)(=O)CC2. The lowest BCUT2D eigenvalue weighted by molar-refractivity contribution is 0.602. The zero-order valence-electron chi connectivity index (χ0n) is 13.5. The van der Waals surface area contributed by atoms with Crippen molar-refractivity contribution in [1.29, 1.82) is 5.26 Å². The van der Waals surface area contributed by atoms with E-state index in [1.54, 1.807) is 4.90 Å². The Hall–Kier alpha value is -2.63. The topological polar surface area (TPSA) is 87.2 Å². The Morgan fingerprint density at radius 2 is 2.00 bits per heavy atom. The molecule has 8 heteroatoms. The Bertz CT molecular complexity index is 1080. The lowest BCUT2D eigenvalue weighted by Gasteiger charge is -2.34. The number of halogens is 1. The first-order chi connectivity index (χ1) is 12.4. The molecule has 0 amide bonds. The summed E-state index contributed by atoms with van der Waals surface area (Å²) in [6, 6.07) is 11.3. The molecule has 4 rings (SSSR count). The molecule has 3 heterocycles. The lowest BCUT2D eigenvalue weighted by Crippen LogP contribution is -2.34. The number of sulfone groups is 1. The van der Waals surface area contributed by atoms with Crippen molar-refractivity contribution in [3.8, 4) is 6.07 Å². The van der Waals surface area contributed by atoms with Crippen LogP contribution < -0.4 is 10.6 Å². The first-order valence-electron chi connectivity index (χ1n) is 7.88. The van der Waals surface area contributed by atoms with E-state index in [-0.39, 0.29) is 22.1 Å². The van der Waals surface area contributed by atoms with Crippen LogP contribution in [0.1, 0.15) is 17.2 Å². The van der Waals surface area contributed by atoms with Gasteiger partial charge >= 0.3 is 0 Å². The number of nitrogens with two attached hydrogens (primary N) is 1. The summed E-state index contributed by atoms with van der Waals surface area (Å²) in [5.41, 5.74) is 7.60. The predicted octanol–water partition coefficient (Wildman–Crippen LogP) is 3.21. The summed E-state index contributed by atoms with van der Waals surface area (Å²) in [5, 5.41) is 11.6. The number of hydrogen-bond acceptors (Lipinski definition) is 6. The van der Waals surface area contributed by atoms with Gasteiger partial charge in [-0.05, 0) is 35.7 Å². The number of allylic oxidation sites excluding steroid dienone is 3. The summed E-state index contributed by atoms with van der Waals surface area (Å²) in [6.45, 7) is 0. The molecular weight excluding hydrogens is 373 g/mol. The van der Waals surface area contributed by atoms with Crippen molar-refractivity contribution in [2.75, 3.05) is 10.7 Å². The van der Waals surface area contributed by atoms with E-state index < -0.39 is 21.6 Å². The molecule has 0 saturated carbocycles. The second-order valence-electron chi connectivity index (χ2n) is 6.05. The molecule has 0 bridgehead atoms. The summed E-state index contributed by atoms with van der Waals surface area (Å²) in [5.74, 6) is -0.922. The van der Waals surface area contributed by atoms with Gasteiger partial charge in [0.2, 0.25) is 0 Å². The van der Waals surface area contributed by atoms with E-state index in [2.05, 4.69) is 6.07 Å². The number of hydrogen-bond donors (Lipinski definition) is 1. The maximum atomic E-state index is 13.3. The van der Waals surface area contributed by atoms with Crippen LogP contribution in [-0.4, -0.2) is 14.2 Å². The van der Waals surface area contributed by atoms with Gasteiger partial charge < -0.3 is 5.73 Å². The largest absolute Gasteiger partial charge is 0.384 e. The highest BCUT2D eigenvalue weighted by Crippen LogP contribution is 2.49. The minimum absolute atomic E-state index is 0.0246. The van der Waals surface area contributed by atoms with Gasteiger partial charge in [0.05, 0.1) is 28.2 Å². The average Bonchev–Trinajstić information content (AvgIpc) is 3.24. The summed E-state index contributed by atoms with van der Waals surface area (Å²) in [6.07, 6.45) is 0.302. The highest BCUT2D eigenvalue weighted by molar-refractivity contribution is 7.95. The molecule has 0 unspecified atom stereocenters. The molecule has 26 heavy (non-hydrogen) atoms. The van der Waals surface area contributed by atoms with E-state index in [9.17, 15) is 18.1 Å². The van der Waals surface area contributed by atoms with Crippen LogP contribution in [0.4, 0.5) is 10.1 Å². The van der Waals surface area contributed by atoms with Crippen LogP contribution in [0.3, 0.4) is 0 Å². The second-order valence-corrected chi connectivity index (χ2v) is 9.11. The predicted molar refractivity (Wildman–Crippen MR) is 98.2 cm³/mol. The van der Waals surface area contributed by atoms with E-state index in [4.69, 9.17) is 5.73 Å². The van der Waals surface area contributed by atoms with Gasteiger partial charge in [0.1, 0.15) is 11.6 Å². The van der Waals surface area contributed by atoms with Crippen molar-refractivity contribution in [3.05, 3.63) is 74.5 Å². The van der Waals surface area contributed by atoms with Crippen molar-refractivity contribution >= 4 is 26.9 Å². The van der Waals surface area contributed by atoms with Crippen molar-refractivity contribution < 1.29 is 12.8 Å². The lowest BCUT2D eigenvalue weighted by atomic mass is 9.92. The van der Waals surface area contributed by atoms with Crippen LogP contribution in [0.25, 0.3) is 0 Å². The number of benzene rings is 1. The monoisotopic (exact) mass is 387 g/mol. The normalized spacial score (nSPS) is 21.7. The van der Waals surface area contributed by atoms with Crippen LogP contribution in [0, 0.1) is 17.1 Å². The fourth-order valence-corrected chi connectivity index (χ4v) is 6.25. The zero-order valence-corrected chi connectivity index (χ0v) is 15.1. The third kappa shape index (κ3) is 2.43. The number of rotatable bonds is 2. The van der Waals surface area contributed by atoms with E-state index >= 15 is 0 Å². The van der Waals surface area contributed by atoms with Gasteiger partial charge in [0.15, 0.2) is 9.84 Å². The number of nitriles is 1. The molecule has 5 nitrogen and oxygen atoms in total.